The Morgan fingerprint density at radius 2 is 1.98 bits per heavy atom. The van der Waals surface area contributed by atoms with E-state index < -0.39 is 11.4 Å². The average molecular weight is 599 g/mol. The summed E-state index contributed by atoms with van der Waals surface area (Å²) in [7, 11) is 0. The van der Waals surface area contributed by atoms with Gasteiger partial charge < -0.3 is 19.3 Å². The van der Waals surface area contributed by atoms with Crippen LogP contribution < -0.4 is 4.90 Å². The Morgan fingerprint density at radius 1 is 1.16 bits per heavy atom. The summed E-state index contributed by atoms with van der Waals surface area (Å²) < 4.78 is 27.0. The lowest BCUT2D eigenvalue weighted by Gasteiger charge is -2.33. The molecule has 226 valence electrons. The number of nitriles is 1. The van der Waals surface area contributed by atoms with Gasteiger partial charge in [-0.3, -0.25) is 0 Å². The Morgan fingerprint density at radius 3 is 2.70 bits per heavy atom. The molecule has 0 radical (unpaired) electrons. The Kier molecular flexibility index (Phi) is 7.88. The van der Waals surface area contributed by atoms with E-state index in [1.807, 2.05) is 45.3 Å². The minimum atomic E-state index is -0.590. The number of aromatic nitrogens is 7. The highest BCUT2D eigenvalue weighted by atomic mass is 19.1. The van der Waals surface area contributed by atoms with Crippen molar-refractivity contribution in [1.82, 2.24) is 39.8 Å². The molecule has 0 N–H and O–H groups in total. The third kappa shape index (κ3) is 6.32. The smallest absolute Gasteiger partial charge is 0.410 e. The zero-order chi connectivity index (χ0) is 30.8. The highest BCUT2D eigenvalue weighted by molar-refractivity contribution is 5.73. The molecule has 3 aromatic heterocycles. The number of hydrogen-bond acceptors (Lipinski definition) is 11. The summed E-state index contributed by atoms with van der Waals surface area (Å²) >= 11 is 0. The number of amides is 1. The first kappa shape index (κ1) is 29.1. The number of fused-ring (bicyclic) bond motifs is 1. The van der Waals surface area contributed by atoms with Crippen LogP contribution >= 0.6 is 0 Å². The van der Waals surface area contributed by atoms with Crippen LogP contribution in [0.4, 0.5) is 15.1 Å². The van der Waals surface area contributed by atoms with E-state index in [0.717, 1.165) is 11.1 Å². The number of nitrogens with zero attached hydrogens (tertiary/aromatic N) is 10. The van der Waals surface area contributed by atoms with Crippen LogP contribution in [0, 0.1) is 17.1 Å². The molecule has 2 aliphatic rings. The molecule has 14 heteroatoms. The number of anilines is 1. The average Bonchev–Trinajstić information content (AvgIpc) is 3.42. The maximum Gasteiger partial charge on any atom is 0.410 e. The lowest BCUT2D eigenvalue weighted by Crippen LogP contribution is -2.45. The van der Waals surface area contributed by atoms with E-state index in [4.69, 9.17) is 9.47 Å². The Labute approximate surface area is 253 Å². The van der Waals surface area contributed by atoms with Crippen molar-refractivity contribution in [3.8, 4) is 17.3 Å². The molecule has 1 aromatic carbocycles. The number of hydrogen-bond donors (Lipinski definition) is 0. The molecule has 1 saturated heterocycles. The predicted octanol–water partition coefficient (Wildman–Crippen LogP) is 3.62. The summed E-state index contributed by atoms with van der Waals surface area (Å²) in [6.45, 7) is 8.65. The molecule has 44 heavy (non-hydrogen) atoms. The lowest BCUT2D eigenvalue weighted by atomic mass is 10.0. The van der Waals surface area contributed by atoms with Crippen molar-refractivity contribution in [3.63, 3.8) is 0 Å². The summed E-state index contributed by atoms with van der Waals surface area (Å²) in [5.41, 5.74) is 3.29. The summed E-state index contributed by atoms with van der Waals surface area (Å²) in [6.07, 6.45) is 7.32. The molecule has 6 rings (SSSR count). The molecule has 4 aromatic rings. The molecule has 1 atom stereocenters. The van der Waals surface area contributed by atoms with Gasteiger partial charge in [-0.05, 0) is 51.0 Å². The third-order valence-electron chi connectivity index (χ3n) is 7.28. The molecule has 1 amide bonds. The van der Waals surface area contributed by atoms with Gasteiger partial charge in [-0.25, -0.2) is 33.8 Å². The van der Waals surface area contributed by atoms with Crippen molar-refractivity contribution < 1.29 is 18.7 Å². The van der Waals surface area contributed by atoms with Crippen LogP contribution in [0.15, 0.2) is 42.9 Å². The van der Waals surface area contributed by atoms with Crippen molar-refractivity contribution in [3.05, 3.63) is 59.8 Å². The second kappa shape index (κ2) is 11.9. The van der Waals surface area contributed by atoms with Gasteiger partial charge in [0.15, 0.2) is 5.65 Å². The standard InChI is InChI=1S/C30H31FN10O3/c1-30(2,3)44-29(42)39-8-6-19(7-9-39)22-14-34-28(35-15-22)40-10-11-43-23(17-40)18-41-27-26(37-38-41)33-16-25(36-27)20-4-5-24(31)21(12-20)13-32/h4-6,12,14-16,23H,7-11,17-18H2,1-3H3. The largest absolute Gasteiger partial charge is 0.444 e. The Hall–Kier alpha value is -5.03. The first-order valence-corrected chi connectivity index (χ1v) is 14.3. The zero-order valence-electron chi connectivity index (χ0n) is 24.6. The highest BCUT2D eigenvalue weighted by Crippen LogP contribution is 2.25. The number of benzene rings is 1. The van der Waals surface area contributed by atoms with E-state index in [2.05, 4.69) is 35.1 Å². The van der Waals surface area contributed by atoms with E-state index in [0.29, 0.717) is 74.3 Å². The van der Waals surface area contributed by atoms with Crippen molar-refractivity contribution in [2.45, 2.75) is 45.4 Å². The second-order valence-electron chi connectivity index (χ2n) is 11.6. The summed E-state index contributed by atoms with van der Waals surface area (Å²) in [6, 6.07) is 6.08. The minimum Gasteiger partial charge on any atom is -0.444 e. The van der Waals surface area contributed by atoms with E-state index in [1.165, 1.54) is 18.3 Å². The summed E-state index contributed by atoms with van der Waals surface area (Å²) in [4.78, 5) is 34.4. The van der Waals surface area contributed by atoms with Gasteiger partial charge in [0, 0.05) is 49.7 Å². The van der Waals surface area contributed by atoms with Crippen molar-refractivity contribution in [1.29, 1.82) is 5.26 Å². The molecule has 0 bridgehead atoms. The maximum atomic E-state index is 13.8. The van der Waals surface area contributed by atoms with E-state index in [-0.39, 0.29) is 17.8 Å². The van der Waals surface area contributed by atoms with Gasteiger partial charge in [-0.15, -0.1) is 5.10 Å². The molecule has 2 aliphatic heterocycles. The SMILES string of the molecule is CC(C)(C)OC(=O)N1CC=C(c2cnc(N3CCOC(Cn4nnc5ncc(-c6ccc(F)c(C#N)c6)nc54)C3)nc2)CC1. The van der Waals surface area contributed by atoms with Crippen molar-refractivity contribution in [2.75, 3.05) is 37.7 Å². The fraction of sp³-hybridized carbons (Fsp3) is 0.400. The first-order valence-electron chi connectivity index (χ1n) is 14.3. The Bertz CT molecular complexity index is 1760. The van der Waals surface area contributed by atoms with Crippen LogP contribution in [-0.4, -0.2) is 90.4 Å². The number of morpholine rings is 1. The number of carbonyl (C=O) groups excluding carboxylic acids is 1. The van der Waals surface area contributed by atoms with Gasteiger partial charge in [0.05, 0.1) is 36.7 Å². The van der Waals surface area contributed by atoms with Crippen LogP contribution in [-0.2, 0) is 16.0 Å². The predicted molar refractivity (Wildman–Crippen MR) is 158 cm³/mol. The van der Waals surface area contributed by atoms with Gasteiger partial charge in [-0.2, -0.15) is 5.26 Å². The summed E-state index contributed by atoms with van der Waals surface area (Å²) in [5, 5.41) is 17.5. The molecule has 1 fully saturated rings. The van der Waals surface area contributed by atoms with Crippen LogP contribution in [0.2, 0.25) is 0 Å². The van der Waals surface area contributed by atoms with Crippen molar-refractivity contribution in [2.24, 2.45) is 0 Å². The summed E-state index contributed by atoms with van der Waals surface area (Å²) in [5.74, 6) is 0.0105. The van der Waals surface area contributed by atoms with E-state index in [1.54, 1.807) is 15.6 Å². The molecule has 1 unspecified atom stereocenters. The van der Waals surface area contributed by atoms with Crippen molar-refractivity contribution >= 4 is 28.9 Å². The molecule has 13 nitrogen and oxygen atoms in total. The number of halogens is 1. The lowest BCUT2D eigenvalue weighted by molar-refractivity contribution is 0.0267. The second-order valence-corrected chi connectivity index (χ2v) is 11.6. The van der Waals surface area contributed by atoms with Crippen LogP contribution in [0.3, 0.4) is 0 Å². The van der Waals surface area contributed by atoms with Gasteiger partial charge in [0.25, 0.3) is 0 Å². The van der Waals surface area contributed by atoms with E-state index >= 15 is 0 Å². The van der Waals surface area contributed by atoms with Crippen LogP contribution in [0.5, 0.6) is 0 Å². The fourth-order valence-electron chi connectivity index (χ4n) is 5.07. The third-order valence-corrected chi connectivity index (χ3v) is 7.28. The number of carbonyl (C=O) groups is 1. The van der Waals surface area contributed by atoms with Gasteiger partial charge in [0.2, 0.25) is 11.6 Å². The quantitative estimate of drug-likeness (QED) is 0.332. The molecule has 5 heterocycles. The van der Waals surface area contributed by atoms with E-state index in [9.17, 15) is 14.4 Å². The Balaban J connectivity index is 1.11. The van der Waals surface area contributed by atoms with Gasteiger partial charge >= 0.3 is 6.09 Å². The van der Waals surface area contributed by atoms with Gasteiger partial charge in [-0.1, -0.05) is 11.3 Å². The molecular weight excluding hydrogens is 567 g/mol. The van der Waals surface area contributed by atoms with Crippen LogP contribution in [0.1, 0.15) is 38.3 Å². The fourth-order valence-corrected chi connectivity index (χ4v) is 5.07. The molecule has 0 saturated carbocycles. The minimum absolute atomic E-state index is 0.0673. The number of rotatable bonds is 5. The monoisotopic (exact) mass is 598 g/mol. The van der Waals surface area contributed by atoms with Gasteiger partial charge in [0.1, 0.15) is 17.5 Å². The first-order chi connectivity index (χ1) is 21.2. The topological polar surface area (TPSA) is 148 Å². The maximum absolute atomic E-state index is 13.8. The molecule has 0 spiro atoms. The molecule has 0 aliphatic carbocycles. The molecular formula is C30H31FN10O3. The number of ether oxygens (including phenoxy) is 2. The normalized spacial score (nSPS) is 17.3. The zero-order valence-corrected chi connectivity index (χ0v) is 24.6. The highest BCUT2D eigenvalue weighted by Gasteiger charge is 2.26. The van der Waals surface area contributed by atoms with Crippen LogP contribution in [0.25, 0.3) is 28.1 Å².